The van der Waals surface area contributed by atoms with Crippen molar-refractivity contribution in [1.82, 2.24) is 4.98 Å². The number of hydrogen-bond acceptors (Lipinski definition) is 2. The van der Waals surface area contributed by atoms with E-state index in [1.54, 1.807) is 11.3 Å². The molecule has 2 rings (SSSR count). The zero-order valence-corrected chi connectivity index (χ0v) is 9.40. The van der Waals surface area contributed by atoms with E-state index in [4.69, 9.17) is 11.6 Å². The summed E-state index contributed by atoms with van der Waals surface area (Å²) in [7, 11) is 0. The molecule has 0 unspecified atom stereocenters. The van der Waals surface area contributed by atoms with Crippen LogP contribution in [0.15, 0.2) is 29.6 Å². The second kappa shape index (κ2) is 4.11. The molecule has 0 spiro atoms. The fraction of sp³-hybridized carbons (Fsp3) is 0.182. The minimum atomic E-state index is 0.760. The number of nitrogens with zero attached hydrogens (tertiary/aromatic N) is 1. The molecule has 2 aromatic rings. The Morgan fingerprint density at radius 1 is 1.43 bits per heavy atom. The molecule has 0 aliphatic rings. The second-order valence-corrected chi connectivity index (χ2v) is 4.30. The van der Waals surface area contributed by atoms with Crippen LogP contribution in [0.3, 0.4) is 0 Å². The van der Waals surface area contributed by atoms with Crippen LogP contribution in [-0.4, -0.2) is 4.98 Å². The summed E-state index contributed by atoms with van der Waals surface area (Å²) in [5, 5.41) is 3.90. The SMILES string of the molecule is CCc1csc(-c2cccc(Cl)c2)n1. The van der Waals surface area contributed by atoms with Crippen molar-refractivity contribution in [1.29, 1.82) is 0 Å². The Labute approximate surface area is 92.4 Å². The van der Waals surface area contributed by atoms with E-state index in [1.807, 2.05) is 24.3 Å². The Bertz CT molecular complexity index is 436. The molecule has 0 saturated heterocycles. The Kier molecular flexibility index (Phi) is 2.85. The Hall–Kier alpha value is -0.860. The highest BCUT2D eigenvalue weighted by molar-refractivity contribution is 7.13. The molecule has 1 aromatic carbocycles. The molecule has 0 radical (unpaired) electrons. The highest BCUT2D eigenvalue weighted by Crippen LogP contribution is 2.25. The maximum atomic E-state index is 5.91. The van der Waals surface area contributed by atoms with Crippen molar-refractivity contribution >= 4 is 22.9 Å². The summed E-state index contributed by atoms with van der Waals surface area (Å²) in [5.41, 5.74) is 2.24. The lowest BCUT2D eigenvalue weighted by atomic mass is 10.2. The van der Waals surface area contributed by atoms with E-state index in [9.17, 15) is 0 Å². The van der Waals surface area contributed by atoms with Crippen LogP contribution in [0.5, 0.6) is 0 Å². The quantitative estimate of drug-likeness (QED) is 0.749. The molecular formula is C11H10ClNS. The van der Waals surface area contributed by atoms with Gasteiger partial charge >= 0.3 is 0 Å². The zero-order valence-electron chi connectivity index (χ0n) is 7.83. The molecule has 0 aliphatic carbocycles. The van der Waals surface area contributed by atoms with E-state index in [2.05, 4.69) is 17.3 Å². The highest BCUT2D eigenvalue weighted by Gasteiger charge is 2.03. The van der Waals surface area contributed by atoms with Gasteiger partial charge in [-0.05, 0) is 18.6 Å². The third-order valence-electron chi connectivity index (χ3n) is 1.99. The van der Waals surface area contributed by atoms with Gasteiger partial charge in [0.2, 0.25) is 0 Å². The van der Waals surface area contributed by atoms with Crippen molar-refractivity contribution in [2.75, 3.05) is 0 Å². The van der Waals surface area contributed by atoms with Crippen molar-refractivity contribution in [2.24, 2.45) is 0 Å². The fourth-order valence-electron chi connectivity index (χ4n) is 1.22. The highest BCUT2D eigenvalue weighted by atomic mass is 35.5. The van der Waals surface area contributed by atoms with Gasteiger partial charge in [0.05, 0.1) is 5.69 Å². The van der Waals surface area contributed by atoms with Gasteiger partial charge in [-0.2, -0.15) is 0 Å². The maximum Gasteiger partial charge on any atom is 0.123 e. The van der Waals surface area contributed by atoms with Crippen LogP contribution in [0.25, 0.3) is 10.6 Å². The summed E-state index contributed by atoms with van der Waals surface area (Å²) >= 11 is 7.58. The molecule has 0 bridgehead atoms. The topological polar surface area (TPSA) is 12.9 Å². The van der Waals surface area contributed by atoms with E-state index in [1.165, 1.54) is 0 Å². The van der Waals surface area contributed by atoms with Crippen LogP contribution in [0.4, 0.5) is 0 Å². The second-order valence-electron chi connectivity index (χ2n) is 3.01. The van der Waals surface area contributed by atoms with E-state index in [-0.39, 0.29) is 0 Å². The molecule has 0 fully saturated rings. The average molecular weight is 224 g/mol. The predicted molar refractivity (Wildman–Crippen MR) is 61.9 cm³/mol. The minimum Gasteiger partial charge on any atom is -0.241 e. The Morgan fingerprint density at radius 3 is 2.93 bits per heavy atom. The summed E-state index contributed by atoms with van der Waals surface area (Å²) < 4.78 is 0. The lowest BCUT2D eigenvalue weighted by Gasteiger charge is -1.95. The summed E-state index contributed by atoms with van der Waals surface area (Å²) in [5.74, 6) is 0. The van der Waals surface area contributed by atoms with Crippen LogP contribution in [0.2, 0.25) is 5.02 Å². The number of thiazole rings is 1. The lowest BCUT2D eigenvalue weighted by molar-refractivity contribution is 1.07. The monoisotopic (exact) mass is 223 g/mol. The number of benzene rings is 1. The van der Waals surface area contributed by atoms with Crippen LogP contribution in [0, 0.1) is 0 Å². The molecule has 0 amide bonds. The normalized spacial score (nSPS) is 10.4. The number of aromatic nitrogens is 1. The summed E-state index contributed by atoms with van der Waals surface area (Å²) in [4.78, 5) is 4.50. The smallest absolute Gasteiger partial charge is 0.123 e. The predicted octanol–water partition coefficient (Wildman–Crippen LogP) is 4.03. The van der Waals surface area contributed by atoms with Gasteiger partial charge in [-0.15, -0.1) is 11.3 Å². The van der Waals surface area contributed by atoms with Crippen molar-refractivity contribution in [3.05, 3.63) is 40.4 Å². The molecule has 3 heteroatoms. The van der Waals surface area contributed by atoms with Crippen LogP contribution in [-0.2, 0) is 6.42 Å². The first-order chi connectivity index (χ1) is 6.79. The third kappa shape index (κ3) is 1.97. The lowest BCUT2D eigenvalue weighted by Crippen LogP contribution is -1.80. The average Bonchev–Trinajstić information content (AvgIpc) is 2.66. The van der Waals surface area contributed by atoms with Crippen molar-refractivity contribution < 1.29 is 0 Å². The van der Waals surface area contributed by atoms with E-state index in [0.717, 1.165) is 27.7 Å². The first-order valence-corrected chi connectivity index (χ1v) is 5.75. The molecule has 14 heavy (non-hydrogen) atoms. The zero-order chi connectivity index (χ0) is 9.97. The summed E-state index contributed by atoms with van der Waals surface area (Å²) in [6, 6.07) is 7.80. The van der Waals surface area contributed by atoms with E-state index < -0.39 is 0 Å². The van der Waals surface area contributed by atoms with Gasteiger partial charge in [-0.25, -0.2) is 4.98 Å². The number of halogens is 1. The van der Waals surface area contributed by atoms with Gasteiger partial charge in [0, 0.05) is 16.0 Å². The third-order valence-corrected chi connectivity index (χ3v) is 3.16. The Balaban J connectivity index is 2.39. The van der Waals surface area contributed by atoms with E-state index in [0.29, 0.717) is 0 Å². The van der Waals surface area contributed by atoms with Gasteiger partial charge in [-0.3, -0.25) is 0 Å². The number of rotatable bonds is 2. The molecule has 0 N–H and O–H groups in total. The Morgan fingerprint density at radius 2 is 2.29 bits per heavy atom. The first kappa shape index (κ1) is 9.69. The van der Waals surface area contributed by atoms with Gasteiger partial charge < -0.3 is 0 Å². The number of hydrogen-bond donors (Lipinski definition) is 0. The molecular weight excluding hydrogens is 214 g/mol. The summed E-state index contributed by atoms with van der Waals surface area (Å²) in [6.45, 7) is 2.11. The van der Waals surface area contributed by atoms with Crippen LogP contribution < -0.4 is 0 Å². The molecule has 0 saturated carbocycles. The van der Waals surface area contributed by atoms with Gasteiger partial charge in [0.25, 0.3) is 0 Å². The molecule has 1 heterocycles. The maximum absolute atomic E-state index is 5.91. The van der Waals surface area contributed by atoms with Gasteiger partial charge in [0.15, 0.2) is 0 Å². The van der Waals surface area contributed by atoms with Crippen molar-refractivity contribution in [3.63, 3.8) is 0 Å². The minimum absolute atomic E-state index is 0.760. The molecule has 0 atom stereocenters. The molecule has 0 aliphatic heterocycles. The molecule has 72 valence electrons. The van der Waals surface area contributed by atoms with Gasteiger partial charge in [-0.1, -0.05) is 30.7 Å². The molecule has 1 nitrogen and oxygen atoms in total. The first-order valence-electron chi connectivity index (χ1n) is 4.50. The van der Waals surface area contributed by atoms with Crippen LogP contribution >= 0.6 is 22.9 Å². The fourth-order valence-corrected chi connectivity index (χ4v) is 2.31. The molecule has 1 aromatic heterocycles. The van der Waals surface area contributed by atoms with E-state index >= 15 is 0 Å². The van der Waals surface area contributed by atoms with Gasteiger partial charge in [0.1, 0.15) is 5.01 Å². The van der Waals surface area contributed by atoms with Crippen molar-refractivity contribution in [2.45, 2.75) is 13.3 Å². The largest absolute Gasteiger partial charge is 0.241 e. The summed E-state index contributed by atoms with van der Waals surface area (Å²) in [6.07, 6.45) is 0.983. The number of aryl methyl sites for hydroxylation is 1. The standard InChI is InChI=1S/C11H10ClNS/c1-2-10-7-14-11(13-10)8-4-3-5-9(12)6-8/h3-7H,2H2,1H3. The van der Waals surface area contributed by atoms with Crippen LogP contribution in [0.1, 0.15) is 12.6 Å². The van der Waals surface area contributed by atoms with Crippen molar-refractivity contribution in [3.8, 4) is 10.6 Å².